The zero-order chi connectivity index (χ0) is 21.3. The molecule has 0 radical (unpaired) electrons. The lowest BCUT2D eigenvalue weighted by Crippen LogP contribution is -2.44. The summed E-state index contributed by atoms with van der Waals surface area (Å²) >= 11 is 3.48. The molecule has 2 fully saturated rings. The van der Waals surface area contributed by atoms with Crippen molar-refractivity contribution >= 4 is 31.9 Å². The lowest BCUT2D eigenvalue weighted by Gasteiger charge is -2.34. The molecule has 1 saturated heterocycles. The van der Waals surface area contributed by atoms with Gasteiger partial charge in [0.25, 0.3) is 0 Å². The first-order valence-corrected chi connectivity index (χ1v) is 12.4. The van der Waals surface area contributed by atoms with Crippen LogP contribution in [0, 0.1) is 11.7 Å². The summed E-state index contributed by atoms with van der Waals surface area (Å²) in [5.41, 5.74) is 1.08. The van der Waals surface area contributed by atoms with Gasteiger partial charge >= 0.3 is 0 Å². The van der Waals surface area contributed by atoms with E-state index in [2.05, 4.69) is 15.9 Å². The number of carbonyl (C=O) groups excluding carboxylic acids is 1. The molecule has 1 aliphatic heterocycles. The van der Waals surface area contributed by atoms with Crippen LogP contribution in [0.15, 0.2) is 57.9 Å². The van der Waals surface area contributed by atoms with E-state index in [1.165, 1.54) is 16.4 Å². The van der Waals surface area contributed by atoms with Gasteiger partial charge in [0.05, 0.1) is 4.90 Å². The molecule has 5 nitrogen and oxygen atoms in total. The molecule has 4 rings (SSSR count). The molecule has 0 unspecified atom stereocenters. The Kier molecular flexibility index (Phi) is 6.27. The Labute approximate surface area is 185 Å². The quantitative estimate of drug-likeness (QED) is 0.605. The van der Waals surface area contributed by atoms with Gasteiger partial charge < -0.3 is 4.90 Å². The van der Waals surface area contributed by atoms with Gasteiger partial charge in [0, 0.05) is 36.1 Å². The van der Waals surface area contributed by atoms with Gasteiger partial charge in [0.2, 0.25) is 15.9 Å². The zero-order valence-electron chi connectivity index (χ0n) is 16.5. The van der Waals surface area contributed by atoms with Gasteiger partial charge in [-0.3, -0.25) is 4.79 Å². The smallest absolute Gasteiger partial charge is 0.243 e. The predicted octanol–water partition coefficient (Wildman–Crippen LogP) is 4.18. The number of hydrogen-bond donors (Lipinski definition) is 0. The van der Waals surface area contributed by atoms with Crippen molar-refractivity contribution in [1.29, 1.82) is 0 Å². The second-order valence-corrected chi connectivity index (χ2v) is 10.8. The maximum absolute atomic E-state index is 13.2. The highest BCUT2D eigenvalue weighted by Crippen LogP contribution is 2.33. The minimum atomic E-state index is -3.67. The van der Waals surface area contributed by atoms with Crippen LogP contribution in [0.3, 0.4) is 0 Å². The molecule has 30 heavy (non-hydrogen) atoms. The molecular weight excluding hydrogens is 471 g/mol. The zero-order valence-corrected chi connectivity index (χ0v) is 18.9. The Morgan fingerprint density at radius 2 is 1.73 bits per heavy atom. The Morgan fingerprint density at radius 3 is 2.33 bits per heavy atom. The highest BCUT2D eigenvalue weighted by atomic mass is 79.9. The van der Waals surface area contributed by atoms with Crippen LogP contribution in [-0.2, 0) is 21.4 Å². The first-order chi connectivity index (χ1) is 14.3. The van der Waals surface area contributed by atoms with Gasteiger partial charge in [-0.15, -0.1) is 0 Å². The predicted molar refractivity (Wildman–Crippen MR) is 116 cm³/mol. The van der Waals surface area contributed by atoms with E-state index in [1.807, 2.05) is 29.2 Å². The van der Waals surface area contributed by atoms with Crippen LogP contribution in [0.4, 0.5) is 4.39 Å². The van der Waals surface area contributed by atoms with Crippen molar-refractivity contribution in [3.8, 4) is 0 Å². The topological polar surface area (TPSA) is 57.7 Å². The molecule has 0 aromatic heterocycles. The average Bonchev–Trinajstić information content (AvgIpc) is 3.57. The summed E-state index contributed by atoms with van der Waals surface area (Å²) in [7, 11) is -3.67. The lowest BCUT2D eigenvalue weighted by molar-refractivity contribution is -0.138. The van der Waals surface area contributed by atoms with E-state index in [0.29, 0.717) is 32.5 Å². The third-order valence-electron chi connectivity index (χ3n) is 5.77. The molecule has 1 aliphatic carbocycles. The number of benzene rings is 2. The van der Waals surface area contributed by atoms with Crippen LogP contribution < -0.4 is 0 Å². The summed E-state index contributed by atoms with van der Waals surface area (Å²) in [4.78, 5) is 15.3. The molecule has 2 aromatic rings. The second-order valence-electron chi connectivity index (χ2n) is 7.96. The Bertz CT molecular complexity index is 1020. The first kappa shape index (κ1) is 21.5. The van der Waals surface area contributed by atoms with Crippen LogP contribution in [-0.4, -0.2) is 42.7 Å². The largest absolute Gasteiger partial charge is 0.335 e. The molecule has 160 valence electrons. The highest BCUT2D eigenvalue weighted by molar-refractivity contribution is 9.10. The fraction of sp³-hybridized carbons (Fsp3) is 0.409. The van der Waals surface area contributed by atoms with Gasteiger partial charge in [-0.1, -0.05) is 28.1 Å². The number of nitrogens with zero attached hydrogens (tertiary/aromatic N) is 2. The van der Waals surface area contributed by atoms with Gasteiger partial charge in [0.1, 0.15) is 5.82 Å². The van der Waals surface area contributed by atoms with E-state index in [0.717, 1.165) is 35.0 Å². The van der Waals surface area contributed by atoms with Crippen LogP contribution >= 0.6 is 15.9 Å². The maximum atomic E-state index is 13.2. The monoisotopic (exact) mass is 494 g/mol. The van der Waals surface area contributed by atoms with Crippen molar-refractivity contribution in [1.82, 2.24) is 9.21 Å². The number of carbonyl (C=O) groups is 1. The minimum absolute atomic E-state index is 0.0861. The van der Waals surface area contributed by atoms with Crippen LogP contribution in [0.25, 0.3) is 0 Å². The molecule has 8 heteroatoms. The van der Waals surface area contributed by atoms with Crippen molar-refractivity contribution < 1.29 is 17.6 Å². The van der Waals surface area contributed by atoms with Gasteiger partial charge in [-0.2, -0.15) is 4.31 Å². The molecule has 0 atom stereocenters. The number of hydrogen-bond acceptors (Lipinski definition) is 3. The maximum Gasteiger partial charge on any atom is 0.243 e. The standard InChI is InChI=1S/C22H24BrFN2O3S/c23-18-3-1-2-16(14-18)15-26(20-6-7-20)22(27)17-10-12-25(13-11-17)30(28,29)21-8-4-19(24)5-9-21/h1-5,8-9,14,17,20H,6-7,10-13,15H2. The third-order valence-corrected chi connectivity index (χ3v) is 8.17. The molecule has 1 heterocycles. The summed E-state index contributed by atoms with van der Waals surface area (Å²) in [5.74, 6) is -0.516. The summed E-state index contributed by atoms with van der Waals surface area (Å²) in [5, 5.41) is 0. The van der Waals surface area contributed by atoms with E-state index in [1.54, 1.807) is 0 Å². The Balaban J connectivity index is 1.41. The summed E-state index contributed by atoms with van der Waals surface area (Å²) in [6.45, 7) is 1.17. The Morgan fingerprint density at radius 1 is 1.07 bits per heavy atom. The number of halogens is 2. The van der Waals surface area contributed by atoms with Gasteiger partial charge in [0.15, 0.2) is 0 Å². The summed E-state index contributed by atoms with van der Waals surface area (Å²) in [6, 6.07) is 13.1. The van der Waals surface area contributed by atoms with Crippen molar-refractivity contribution in [2.45, 2.75) is 43.2 Å². The molecular formula is C22H24BrFN2O3S. The van der Waals surface area contributed by atoms with Crippen molar-refractivity contribution in [2.24, 2.45) is 5.92 Å². The van der Waals surface area contributed by atoms with E-state index in [4.69, 9.17) is 0 Å². The van der Waals surface area contributed by atoms with Crippen LogP contribution in [0.2, 0.25) is 0 Å². The molecule has 0 bridgehead atoms. The molecule has 2 aromatic carbocycles. The fourth-order valence-electron chi connectivity index (χ4n) is 3.94. The molecule has 1 amide bonds. The van der Waals surface area contributed by atoms with Crippen molar-refractivity contribution in [2.75, 3.05) is 13.1 Å². The number of rotatable bonds is 6. The van der Waals surface area contributed by atoms with Crippen molar-refractivity contribution in [3.05, 3.63) is 64.4 Å². The second kappa shape index (κ2) is 8.77. The summed E-state index contributed by atoms with van der Waals surface area (Å²) < 4.78 is 41.1. The average molecular weight is 495 g/mol. The molecule has 2 aliphatic rings. The third kappa shape index (κ3) is 4.76. The number of amides is 1. The first-order valence-electron chi connectivity index (χ1n) is 10.2. The van der Waals surface area contributed by atoms with E-state index in [-0.39, 0.29) is 22.8 Å². The molecule has 1 saturated carbocycles. The van der Waals surface area contributed by atoms with Crippen molar-refractivity contribution in [3.63, 3.8) is 0 Å². The van der Waals surface area contributed by atoms with Crippen LogP contribution in [0.5, 0.6) is 0 Å². The minimum Gasteiger partial charge on any atom is -0.335 e. The van der Waals surface area contributed by atoms with Gasteiger partial charge in [-0.25, -0.2) is 12.8 Å². The summed E-state index contributed by atoms with van der Waals surface area (Å²) in [6.07, 6.45) is 3.05. The van der Waals surface area contributed by atoms with E-state index < -0.39 is 15.8 Å². The lowest BCUT2D eigenvalue weighted by atomic mass is 9.96. The Hall–Kier alpha value is -1.77. The number of piperidine rings is 1. The molecule has 0 spiro atoms. The number of sulfonamides is 1. The SMILES string of the molecule is O=C(C1CCN(S(=O)(=O)c2ccc(F)cc2)CC1)N(Cc1cccc(Br)c1)C1CC1. The van der Waals surface area contributed by atoms with Crippen LogP contribution in [0.1, 0.15) is 31.2 Å². The highest BCUT2D eigenvalue weighted by Gasteiger charge is 2.38. The van der Waals surface area contributed by atoms with E-state index in [9.17, 15) is 17.6 Å². The van der Waals surface area contributed by atoms with E-state index >= 15 is 0 Å². The fourth-order valence-corrected chi connectivity index (χ4v) is 5.85. The normalized spacial score (nSPS) is 18.3. The van der Waals surface area contributed by atoms with Gasteiger partial charge in [-0.05, 0) is 67.6 Å². The molecule has 0 N–H and O–H groups in total.